The molecule has 1 aromatic heterocycles. The number of imidazole rings is 1. The van der Waals surface area contributed by atoms with Gasteiger partial charge in [-0.25, -0.2) is 4.98 Å². The molecule has 1 unspecified atom stereocenters. The van der Waals surface area contributed by atoms with Crippen molar-refractivity contribution in [1.29, 1.82) is 0 Å². The van der Waals surface area contributed by atoms with Crippen LogP contribution in [0.15, 0.2) is 72.8 Å². The van der Waals surface area contributed by atoms with Gasteiger partial charge in [-0.05, 0) is 66.8 Å². The Morgan fingerprint density at radius 3 is 2.31 bits per heavy atom. The number of anilines is 1. The second-order valence-corrected chi connectivity index (χ2v) is 9.24. The summed E-state index contributed by atoms with van der Waals surface area (Å²) in [6, 6.07) is 24.9. The number of aromatic nitrogens is 2. The lowest BCUT2D eigenvalue weighted by atomic mass is 10.1. The van der Waals surface area contributed by atoms with E-state index < -0.39 is 0 Å². The van der Waals surface area contributed by atoms with E-state index in [1.807, 2.05) is 23.1 Å². The molecule has 0 N–H and O–H groups in total. The Labute approximate surface area is 207 Å². The minimum Gasteiger partial charge on any atom is -0.494 e. The summed E-state index contributed by atoms with van der Waals surface area (Å²) in [6.45, 7) is 6.40. The van der Waals surface area contributed by atoms with Crippen LogP contribution in [0.4, 0.5) is 5.69 Å². The first kappa shape index (κ1) is 23.2. The van der Waals surface area contributed by atoms with Crippen LogP contribution in [-0.4, -0.2) is 28.6 Å². The lowest BCUT2D eigenvalue weighted by Crippen LogP contribution is -2.24. The van der Waals surface area contributed by atoms with Gasteiger partial charge in [-0.3, -0.25) is 4.79 Å². The molecular formula is C30H33N3O2. The second-order valence-electron chi connectivity index (χ2n) is 9.24. The van der Waals surface area contributed by atoms with Gasteiger partial charge in [0.05, 0.1) is 17.6 Å². The number of hydrogen-bond donors (Lipinski definition) is 0. The average Bonchev–Trinajstić information content (AvgIpc) is 3.47. The molecule has 4 aromatic rings. The van der Waals surface area contributed by atoms with Crippen LogP contribution in [0.1, 0.15) is 49.6 Å². The molecule has 1 amide bonds. The Morgan fingerprint density at radius 2 is 1.60 bits per heavy atom. The van der Waals surface area contributed by atoms with Crippen LogP contribution in [0.2, 0.25) is 0 Å². The molecule has 5 rings (SSSR count). The molecule has 0 saturated carbocycles. The second kappa shape index (κ2) is 10.3. The molecule has 0 radical (unpaired) electrons. The van der Waals surface area contributed by atoms with Crippen molar-refractivity contribution < 1.29 is 9.53 Å². The number of hydrogen-bond acceptors (Lipinski definition) is 3. The number of aryl methyl sites for hydroxylation is 3. The van der Waals surface area contributed by atoms with Gasteiger partial charge in [0.25, 0.3) is 0 Å². The summed E-state index contributed by atoms with van der Waals surface area (Å²) in [4.78, 5) is 19.9. The number of carbonyl (C=O) groups excluding carboxylic acids is 1. The Hall–Kier alpha value is -3.60. The van der Waals surface area contributed by atoms with Gasteiger partial charge in [0.1, 0.15) is 11.6 Å². The molecule has 5 nitrogen and oxygen atoms in total. The van der Waals surface area contributed by atoms with Gasteiger partial charge >= 0.3 is 0 Å². The summed E-state index contributed by atoms with van der Waals surface area (Å²) in [7, 11) is 0. The van der Waals surface area contributed by atoms with E-state index in [9.17, 15) is 4.79 Å². The minimum absolute atomic E-state index is 0.0725. The van der Waals surface area contributed by atoms with E-state index in [-0.39, 0.29) is 11.8 Å². The number of fused-ring (bicyclic) bond motifs is 1. The van der Waals surface area contributed by atoms with Gasteiger partial charge < -0.3 is 14.2 Å². The fraction of sp³-hybridized carbons (Fsp3) is 0.333. The van der Waals surface area contributed by atoms with Gasteiger partial charge in [0.2, 0.25) is 5.91 Å². The van der Waals surface area contributed by atoms with Crippen molar-refractivity contribution >= 4 is 22.6 Å². The van der Waals surface area contributed by atoms with Crippen molar-refractivity contribution in [3.8, 4) is 5.75 Å². The van der Waals surface area contributed by atoms with Crippen LogP contribution < -0.4 is 9.64 Å². The molecule has 0 spiro atoms. The van der Waals surface area contributed by atoms with Crippen molar-refractivity contribution in [1.82, 2.24) is 9.55 Å². The van der Waals surface area contributed by atoms with Crippen molar-refractivity contribution in [3.63, 3.8) is 0 Å². The largest absolute Gasteiger partial charge is 0.494 e. The molecule has 1 aliphatic rings. The molecule has 1 saturated heterocycles. The van der Waals surface area contributed by atoms with Crippen LogP contribution in [0.3, 0.4) is 0 Å². The summed E-state index contributed by atoms with van der Waals surface area (Å²) >= 11 is 0. The standard InChI is InChI=1S/C30H33N3O2/c1-3-22-10-14-25(15-11-22)33-21-24(20-29(33)34)30-31-27-8-5-6-9-28(27)32(30)18-7-19-35-26-16-12-23(4-2)13-17-26/h5-6,8-17,24H,3-4,7,18-21H2,1-2H3. The van der Waals surface area contributed by atoms with Gasteiger partial charge in [-0.1, -0.05) is 50.2 Å². The van der Waals surface area contributed by atoms with E-state index in [0.29, 0.717) is 19.6 Å². The number of ether oxygens (including phenoxy) is 1. The highest BCUT2D eigenvalue weighted by Crippen LogP contribution is 2.33. The Bertz CT molecular complexity index is 1290. The van der Waals surface area contributed by atoms with E-state index in [4.69, 9.17) is 9.72 Å². The van der Waals surface area contributed by atoms with E-state index in [1.165, 1.54) is 11.1 Å². The van der Waals surface area contributed by atoms with E-state index in [2.05, 4.69) is 73.0 Å². The molecule has 0 aliphatic carbocycles. The van der Waals surface area contributed by atoms with E-state index >= 15 is 0 Å². The topological polar surface area (TPSA) is 47.4 Å². The molecule has 0 bridgehead atoms. The van der Waals surface area contributed by atoms with Crippen LogP contribution in [0.5, 0.6) is 5.75 Å². The van der Waals surface area contributed by atoms with Gasteiger partial charge in [-0.15, -0.1) is 0 Å². The molecule has 2 heterocycles. The first-order valence-corrected chi connectivity index (χ1v) is 12.7. The van der Waals surface area contributed by atoms with Gasteiger partial charge in [0, 0.05) is 31.1 Å². The zero-order valence-electron chi connectivity index (χ0n) is 20.6. The number of para-hydroxylation sites is 2. The lowest BCUT2D eigenvalue weighted by molar-refractivity contribution is -0.117. The summed E-state index contributed by atoms with van der Waals surface area (Å²) < 4.78 is 8.29. The highest BCUT2D eigenvalue weighted by Gasteiger charge is 2.34. The zero-order valence-corrected chi connectivity index (χ0v) is 20.6. The predicted octanol–water partition coefficient (Wildman–Crippen LogP) is 6.15. The molecule has 5 heteroatoms. The zero-order chi connectivity index (χ0) is 24.2. The Morgan fingerprint density at radius 1 is 0.914 bits per heavy atom. The maximum absolute atomic E-state index is 13.0. The van der Waals surface area contributed by atoms with Crippen LogP contribution in [0, 0.1) is 0 Å². The minimum atomic E-state index is 0.0725. The maximum Gasteiger partial charge on any atom is 0.227 e. The fourth-order valence-electron chi connectivity index (χ4n) is 4.92. The molecule has 3 aromatic carbocycles. The number of carbonyl (C=O) groups is 1. The molecule has 1 fully saturated rings. The van der Waals surface area contributed by atoms with E-state index in [0.717, 1.165) is 54.1 Å². The Kier molecular flexibility index (Phi) is 6.84. The normalized spacial score (nSPS) is 15.8. The van der Waals surface area contributed by atoms with Crippen molar-refractivity contribution in [2.45, 2.75) is 52.0 Å². The maximum atomic E-state index is 13.0. The van der Waals surface area contributed by atoms with Crippen molar-refractivity contribution in [3.05, 3.63) is 89.7 Å². The van der Waals surface area contributed by atoms with Crippen LogP contribution in [0.25, 0.3) is 11.0 Å². The third kappa shape index (κ3) is 4.95. The monoisotopic (exact) mass is 467 g/mol. The van der Waals surface area contributed by atoms with Crippen molar-refractivity contribution in [2.24, 2.45) is 0 Å². The molecule has 180 valence electrons. The summed E-state index contributed by atoms with van der Waals surface area (Å²) in [5.74, 6) is 2.14. The molecule has 35 heavy (non-hydrogen) atoms. The lowest BCUT2D eigenvalue weighted by Gasteiger charge is -2.18. The molecular weight excluding hydrogens is 434 g/mol. The first-order chi connectivity index (χ1) is 17.2. The predicted molar refractivity (Wildman–Crippen MR) is 141 cm³/mol. The van der Waals surface area contributed by atoms with E-state index in [1.54, 1.807) is 0 Å². The van der Waals surface area contributed by atoms with Gasteiger partial charge in [0.15, 0.2) is 0 Å². The first-order valence-electron chi connectivity index (χ1n) is 12.7. The number of amides is 1. The number of rotatable bonds is 9. The Balaban J connectivity index is 1.31. The SMILES string of the molecule is CCc1ccc(OCCCn2c(C3CC(=O)N(c4ccc(CC)cc4)C3)nc3ccccc32)cc1. The summed E-state index contributed by atoms with van der Waals surface area (Å²) in [5.41, 5.74) is 5.67. The smallest absolute Gasteiger partial charge is 0.227 e. The van der Waals surface area contributed by atoms with Gasteiger partial charge in [-0.2, -0.15) is 0 Å². The van der Waals surface area contributed by atoms with Crippen LogP contribution >= 0.6 is 0 Å². The highest BCUT2D eigenvalue weighted by molar-refractivity contribution is 5.96. The third-order valence-corrected chi connectivity index (χ3v) is 6.96. The van der Waals surface area contributed by atoms with Crippen molar-refractivity contribution in [2.75, 3.05) is 18.1 Å². The fourth-order valence-corrected chi connectivity index (χ4v) is 4.92. The summed E-state index contributed by atoms with van der Waals surface area (Å²) in [6.07, 6.45) is 3.38. The average molecular weight is 468 g/mol. The third-order valence-electron chi connectivity index (χ3n) is 6.96. The van der Waals surface area contributed by atoms with Crippen LogP contribution in [-0.2, 0) is 24.2 Å². The molecule has 1 atom stereocenters. The number of nitrogens with zero attached hydrogens (tertiary/aromatic N) is 3. The molecule has 1 aliphatic heterocycles. The quantitative estimate of drug-likeness (QED) is 0.277. The number of benzene rings is 3. The highest BCUT2D eigenvalue weighted by atomic mass is 16.5. The summed E-state index contributed by atoms with van der Waals surface area (Å²) in [5, 5.41) is 0.